The van der Waals surface area contributed by atoms with Gasteiger partial charge in [0.1, 0.15) is 6.61 Å². The molecule has 0 aliphatic carbocycles. The summed E-state index contributed by atoms with van der Waals surface area (Å²) < 4.78 is 19.7. The highest BCUT2D eigenvalue weighted by Gasteiger charge is 2.18. The number of phosphoric ester groups is 1. The maximum absolute atomic E-state index is 10.8. The average Bonchev–Trinajstić information content (AvgIpc) is 2.17. The summed E-state index contributed by atoms with van der Waals surface area (Å²) in [5.74, 6) is 0. The first-order chi connectivity index (χ1) is 6.14. The highest BCUT2D eigenvalue weighted by Crippen LogP contribution is 2.42. The molecule has 0 aromatic carbocycles. The first kappa shape index (κ1) is 10.3. The predicted molar refractivity (Wildman–Crippen MR) is 45.9 cm³/mol. The molecule has 0 spiro atoms. The lowest BCUT2D eigenvalue weighted by molar-refractivity contribution is 0.164. The van der Waals surface area contributed by atoms with Gasteiger partial charge in [0, 0.05) is 13.3 Å². The van der Waals surface area contributed by atoms with E-state index in [0.29, 0.717) is 5.69 Å². The van der Waals surface area contributed by atoms with E-state index in [1.54, 1.807) is 24.4 Å². The minimum absolute atomic E-state index is 0.0392. The van der Waals surface area contributed by atoms with Crippen LogP contribution in [0.4, 0.5) is 0 Å². The number of rotatable bonds is 4. The Hall–Kier alpha value is -0.740. The van der Waals surface area contributed by atoms with Crippen LogP contribution in [0.1, 0.15) is 5.69 Å². The molecule has 1 rings (SSSR count). The molecule has 5 nitrogen and oxygen atoms in total. The van der Waals surface area contributed by atoms with Crippen LogP contribution in [0.3, 0.4) is 0 Å². The van der Waals surface area contributed by atoms with Crippen molar-refractivity contribution >= 4 is 7.82 Å². The Morgan fingerprint density at radius 1 is 1.62 bits per heavy atom. The predicted octanol–water partition coefficient (Wildman–Crippen LogP) is 1.34. The summed E-state index contributed by atoms with van der Waals surface area (Å²) in [6.45, 7) is -0.0392. The lowest BCUT2D eigenvalue weighted by Gasteiger charge is -2.07. The molecule has 0 radical (unpaired) electrons. The zero-order chi connectivity index (χ0) is 9.73. The van der Waals surface area contributed by atoms with Crippen LogP contribution in [-0.4, -0.2) is 17.0 Å². The molecule has 1 aromatic heterocycles. The van der Waals surface area contributed by atoms with Crippen molar-refractivity contribution in [2.45, 2.75) is 6.61 Å². The number of hydrogen-bond donors (Lipinski definition) is 1. The summed E-state index contributed by atoms with van der Waals surface area (Å²) in [7, 11) is -2.77. The molecule has 0 fully saturated rings. The highest BCUT2D eigenvalue weighted by atomic mass is 31.2. The Morgan fingerprint density at radius 3 is 2.92 bits per heavy atom. The smallest absolute Gasteiger partial charge is 0.302 e. The normalized spacial score (nSPS) is 15.2. The Morgan fingerprint density at radius 2 is 2.38 bits per heavy atom. The van der Waals surface area contributed by atoms with Gasteiger partial charge in [-0.05, 0) is 12.1 Å². The number of hydrogen-bond acceptors (Lipinski definition) is 4. The molecular weight excluding hydrogens is 193 g/mol. The van der Waals surface area contributed by atoms with E-state index in [1.165, 1.54) is 0 Å². The van der Waals surface area contributed by atoms with Crippen molar-refractivity contribution in [2.24, 2.45) is 0 Å². The van der Waals surface area contributed by atoms with Gasteiger partial charge in [-0.1, -0.05) is 6.07 Å². The highest BCUT2D eigenvalue weighted by molar-refractivity contribution is 7.47. The standard InChI is InChI=1S/C7H10NO4P/c1-11-13(9,10)12-6-7-4-2-3-5-8-7/h2-5H,6H2,1H3,(H,9,10). The van der Waals surface area contributed by atoms with E-state index >= 15 is 0 Å². The number of nitrogens with zero attached hydrogens (tertiary/aromatic N) is 1. The second-order valence-electron chi connectivity index (χ2n) is 2.25. The van der Waals surface area contributed by atoms with Crippen molar-refractivity contribution < 1.29 is 18.5 Å². The fraction of sp³-hybridized carbons (Fsp3) is 0.286. The Kier molecular flexibility index (Phi) is 3.57. The van der Waals surface area contributed by atoms with E-state index in [1.807, 2.05) is 0 Å². The monoisotopic (exact) mass is 203 g/mol. The molecule has 13 heavy (non-hydrogen) atoms. The van der Waals surface area contributed by atoms with E-state index in [9.17, 15) is 4.57 Å². The molecule has 0 aliphatic rings. The third-order valence-corrected chi connectivity index (χ3v) is 2.25. The second kappa shape index (κ2) is 4.48. The fourth-order valence-electron chi connectivity index (χ4n) is 0.684. The van der Waals surface area contributed by atoms with Crippen molar-refractivity contribution in [3.63, 3.8) is 0 Å². The third-order valence-electron chi connectivity index (χ3n) is 1.33. The summed E-state index contributed by atoms with van der Waals surface area (Å²) in [5, 5.41) is 0. The van der Waals surface area contributed by atoms with Crippen LogP contribution < -0.4 is 0 Å². The molecular formula is C7H10NO4P. The molecule has 0 aliphatic heterocycles. The SMILES string of the molecule is COP(=O)(O)OCc1ccccn1. The zero-order valence-corrected chi connectivity index (χ0v) is 7.98. The Bertz CT molecular complexity index is 303. The van der Waals surface area contributed by atoms with Crippen LogP contribution in [0.15, 0.2) is 24.4 Å². The van der Waals surface area contributed by atoms with Crippen LogP contribution in [0, 0.1) is 0 Å². The minimum atomic E-state index is -3.88. The summed E-state index contributed by atoms with van der Waals surface area (Å²) in [6.07, 6.45) is 1.58. The topological polar surface area (TPSA) is 68.7 Å². The second-order valence-corrected chi connectivity index (χ2v) is 3.81. The molecule has 1 aromatic rings. The van der Waals surface area contributed by atoms with Gasteiger partial charge in [0.25, 0.3) is 0 Å². The molecule has 1 atom stereocenters. The van der Waals surface area contributed by atoms with Gasteiger partial charge in [0.15, 0.2) is 0 Å². The maximum Gasteiger partial charge on any atom is 0.472 e. The maximum atomic E-state index is 10.8. The van der Waals surface area contributed by atoms with Gasteiger partial charge in [-0.2, -0.15) is 0 Å². The lowest BCUT2D eigenvalue weighted by atomic mass is 10.4. The summed E-state index contributed by atoms with van der Waals surface area (Å²) in [5.41, 5.74) is 0.578. The van der Waals surface area contributed by atoms with Crippen molar-refractivity contribution in [1.82, 2.24) is 4.98 Å². The minimum Gasteiger partial charge on any atom is -0.302 e. The van der Waals surface area contributed by atoms with Gasteiger partial charge in [0.05, 0.1) is 5.69 Å². The summed E-state index contributed by atoms with van der Waals surface area (Å²) in [6, 6.07) is 5.20. The van der Waals surface area contributed by atoms with E-state index in [-0.39, 0.29) is 6.61 Å². The van der Waals surface area contributed by atoms with Crippen molar-refractivity contribution in [1.29, 1.82) is 0 Å². The van der Waals surface area contributed by atoms with Gasteiger partial charge >= 0.3 is 7.82 Å². The van der Waals surface area contributed by atoms with Crippen LogP contribution in [0.5, 0.6) is 0 Å². The summed E-state index contributed by atoms with van der Waals surface area (Å²) in [4.78, 5) is 12.8. The largest absolute Gasteiger partial charge is 0.472 e. The quantitative estimate of drug-likeness (QED) is 0.748. The van der Waals surface area contributed by atoms with Gasteiger partial charge in [-0.15, -0.1) is 0 Å². The number of pyridine rings is 1. The van der Waals surface area contributed by atoms with Crippen LogP contribution in [0.2, 0.25) is 0 Å². The molecule has 1 N–H and O–H groups in total. The van der Waals surface area contributed by atoms with Gasteiger partial charge < -0.3 is 4.89 Å². The first-order valence-electron chi connectivity index (χ1n) is 3.57. The van der Waals surface area contributed by atoms with Gasteiger partial charge in [-0.3, -0.25) is 14.0 Å². The van der Waals surface area contributed by atoms with E-state index in [4.69, 9.17) is 4.89 Å². The molecule has 72 valence electrons. The zero-order valence-electron chi connectivity index (χ0n) is 7.08. The Labute approximate surface area is 76.0 Å². The molecule has 0 saturated heterocycles. The lowest BCUT2D eigenvalue weighted by Crippen LogP contribution is -1.94. The van der Waals surface area contributed by atoms with Gasteiger partial charge in [0.2, 0.25) is 0 Å². The molecule has 6 heteroatoms. The number of aromatic nitrogens is 1. The fourth-order valence-corrected chi connectivity index (χ4v) is 1.08. The summed E-state index contributed by atoms with van der Waals surface area (Å²) >= 11 is 0. The molecule has 0 amide bonds. The molecule has 0 bridgehead atoms. The van der Waals surface area contributed by atoms with E-state index in [2.05, 4.69) is 14.0 Å². The number of phosphoric acid groups is 1. The van der Waals surface area contributed by atoms with Crippen molar-refractivity contribution in [3.05, 3.63) is 30.1 Å². The third kappa shape index (κ3) is 3.65. The van der Waals surface area contributed by atoms with Gasteiger partial charge in [-0.25, -0.2) is 4.57 Å². The Balaban J connectivity index is 2.49. The molecule has 0 saturated carbocycles. The van der Waals surface area contributed by atoms with E-state index < -0.39 is 7.82 Å². The van der Waals surface area contributed by atoms with Crippen molar-refractivity contribution in [3.8, 4) is 0 Å². The van der Waals surface area contributed by atoms with Crippen LogP contribution >= 0.6 is 7.82 Å². The molecule has 1 unspecified atom stereocenters. The first-order valence-corrected chi connectivity index (χ1v) is 5.06. The van der Waals surface area contributed by atoms with E-state index in [0.717, 1.165) is 7.11 Å². The average molecular weight is 203 g/mol. The van der Waals surface area contributed by atoms with Crippen LogP contribution in [0.25, 0.3) is 0 Å². The van der Waals surface area contributed by atoms with Crippen molar-refractivity contribution in [2.75, 3.05) is 7.11 Å². The van der Waals surface area contributed by atoms with Crippen LogP contribution in [-0.2, 0) is 20.2 Å². The molecule has 1 heterocycles.